The normalized spacial score (nSPS) is 13.0. The van der Waals surface area contributed by atoms with E-state index in [0.29, 0.717) is 6.42 Å². The highest BCUT2D eigenvalue weighted by atomic mass is 16.5. The molecule has 3 heteroatoms. The monoisotopic (exact) mass is 233 g/mol. The average Bonchev–Trinajstić information content (AvgIpc) is 2.38. The van der Waals surface area contributed by atoms with Crippen LogP contribution >= 0.6 is 0 Å². The second-order valence-corrected chi connectivity index (χ2v) is 3.90. The molecule has 1 aromatic carbocycles. The van der Waals surface area contributed by atoms with Crippen molar-refractivity contribution in [3.63, 3.8) is 0 Å². The van der Waals surface area contributed by atoms with Gasteiger partial charge in [-0.2, -0.15) is 0 Å². The third kappa shape index (κ3) is 4.31. The minimum Gasteiger partial charge on any atom is -0.501 e. The van der Waals surface area contributed by atoms with E-state index in [1.54, 1.807) is 14.2 Å². The van der Waals surface area contributed by atoms with Gasteiger partial charge in [-0.25, -0.2) is 0 Å². The average molecular weight is 233 g/mol. The second kappa shape index (κ2) is 6.74. The van der Waals surface area contributed by atoms with Crippen LogP contribution in [0.1, 0.15) is 12.5 Å². The van der Waals surface area contributed by atoms with Gasteiger partial charge in [0.15, 0.2) is 0 Å². The van der Waals surface area contributed by atoms with Crippen LogP contribution in [-0.4, -0.2) is 20.1 Å². The van der Waals surface area contributed by atoms with Gasteiger partial charge in [-0.3, -0.25) is 4.79 Å². The Morgan fingerprint density at radius 3 is 2.59 bits per heavy atom. The molecule has 0 aliphatic heterocycles. The van der Waals surface area contributed by atoms with Crippen molar-refractivity contribution < 1.29 is 9.53 Å². The Hall–Kier alpha value is -1.77. The zero-order valence-corrected chi connectivity index (χ0v) is 10.6. The summed E-state index contributed by atoms with van der Waals surface area (Å²) in [6, 6.07) is 10.0. The molecule has 0 fully saturated rings. The van der Waals surface area contributed by atoms with E-state index < -0.39 is 0 Å². The van der Waals surface area contributed by atoms with Gasteiger partial charge in [0.2, 0.25) is 5.91 Å². The quantitative estimate of drug-likeness (QED) is 0.791. The topological polar surface area (TPSA) is 38.3 Å². The summed E-state index contributed by atoms with van der Waals surface area (Å²) in [6.07, 6.45) is 2.56. The Kier molecular flexibility index (Phi) is 5.27. The predicted octanol–water partition coefficient (Wildman–Crippen LogP) is 2.14. The van der Waals surface area contributed by atoms with Crippen LogP contribution in [0.2, 0.25) is 0 Å². The minimum atomic E-state index is -0.182. The van der Waals surface area contributed by atoms with Crippen LogP contribution in [0.25, 0.3) is 0 Å². The molecule has 1 amide bonds. The molecule has 3 nitrogen and oxygen atoms in total. The van der Waals surface area contributed by atoms with Crippen molar-refractivity contribution >= 4 is 5.91 Å². The standard InChI is InChI=1S/C14H19NO2/c1-11(14(16)15-2)9-13(17-3)10-12-7-5-4-6-8-12/h4-9,11H,10H2,1-3H3,(H,15,16)/b13-9-. The fourth-order valence-corrected chi connectivity index (χ4v) is 1.58. The molecule has 1 atom stereocenters. The number of ether oxygens (including phenoxy) is 1. The Labute approximate surface area is 102 Å². The maximum atomic E-state index is 11.4. The Bertz CT molecular complexity index is 384. The highest BCUT2D eigenvalue weighted by Crippen LogP contribution is 2.11. The lowest BCUT2D eigenvalue weighted by Crippen LogP contribution is -2.24. The van der Waals surface area contributed by atoms with E-state index in [-0.39, 0.29) is 11.8 Å². The largest absolute Gasteiger partial charge is 0.501 e. The number of carbonyl (C=O) groups excluding carboxylic acids is 1. The molecule has 1 aromatic rings. The number of carbonyl (C=O) groups is 1. The van der Waals surface area contributed by atoms with E-state index in [1.165, 1.54) is 5.56 Å². The molecule has 0 heterocycles. The van der Waals surface area contributed by atoms with Crippen molar-refractivity contribution in [2.75, 3.05) is 14.2 Å². The molecule has 92 valence electrons. The molecule has 0 aromatic heterocycles. The zero-order chi connectivity index (χ0) is 12.7. The summed E-state index contributed by atoms with van der Waals surface area (Å²) in [5, 5.41) is 2.62. The van der Waals surface area contributed by atoms with Crippen molar-refractivity contribution in [3.8, 4) is 0 Å². The molecular weight excluding hydrogens is 214 g/mol. The summed E-state index contributed by atoms with van der Waals surface area (Å²) in [5.74, 6) is 0.624. The lowest BCUT2D eigenvalue weighted by atomic mass is 10.1. The van der Waals surface area contributed by atoms with Crippen LogP contribution in [0.15, 0.2) is 42.2 Å². The number of benzene rings is 1. The molecule has 17 heavy (non-hydrogen) atoms. The Balaban J connectivity index is 2.72. The van der Waals surface area contributed by atoms with Crippen LogP contribution in [0.3, 0.4) is 0 Å². The molecule has 0 saturated carbocycles. The van der Waals surface area contributed by atoms with Crippen molar-refractivity contribution in [2.24, 2.45) is 5.92 Å². The number of hydrogen-bond donors (Lipinski definition) is 1. The number of hydrogen-bond acceptors (Lipinski definition) is 2. The molecule has 0 bridgehead atoms. The number of nitrogens with one attached hydrogen (secondary N) is 1. The second-order valence-electron chi connectivity index (χ2n) is 3.90. The molecular formula is C14H19NO2. The molecule has 0 radical (unpaired) electrons. The molecule has 0 saturated heterocycles. The van der Waals surface area contributed by atoms with E-state index >= 15 is 0 Å². The molecule has 1 unspecified atom stereocenters. The number of amides is 1. The highest BCUT2D eigenvalue weighted by Gasteiger charge is 2.10. The van der Waals surface area contributed by atoms with Crippen LogP contribution in [0, 0.1) is 5.92 Å². The lowest BCUT2D eigenvalue weighted by Gasteiger charge is -2.10. The predicted molar refractivity (Wildman–Crippen MR) is 68.5 cm³/mol. The maximum absolute atomic E-state index is 11.4. The van der Waals surface area contributed by atoms with Gasteiger partial charge in [-0.05, 0) is 18.6 Å². The van der Waals surface area contributed by atoms with Gasteiger partial charge in [-0.15, -0.1) is 0 Å². The maximum Gasteiger partial charge on any atom is 0.226 e. The molecule has 0 spiro atoms. The van der Waals surface area contributed by atoms with E-state index in [4.69, 9.17) is 4.74 Å². The van der Waals surface area contributed by atoms with Crippen molar-refractivity contribution in [2.45, 2.75) is 13.3 Å². The van der Waals surface area contributed by atoms with Gasteiger partial charge in [0.05, 0.1) is 18.8 Å². The van der Waals surface area contributed by atoms with Gasteiger partial charge in [0.25, 0.3) is 0 Å². The van der Waals surface area contributed by atoms with Gasteiger partial charge in [-0.1, -0.05) is 30.3 Å². The summed E-state index contributed by atoms with van der Waals surface area (Å²) < 4.78 is 5.30. The van der Waals surface area contributed by atoms with E-state index in [2.05, 4.69) is 5.32 Å². The van der Waals surface area contributed by atoms with E-state index in [9.17, 15) is 4.79 Å². The third-order valence-corrected chi connectivity index (χ3v) is 2.58. The van der Waals surface area contributed by atoms with Gasteiger partial charge >= 0.3 is 0 Å². The first kappa shape index (κ1) is 13.3. The van der Waals surface area contributed by atoms with Crippen LogP contribution < -0.4 is 5.32 Å². The first-order valence-corrected chi connectivity index (χ1v) is 5.67. The number of methoxy groups -OCH3 is 1. The zero-order valence-electron chi connectivity index (χ0n) is 10.6. The van der Waals surface area contributed by atoms with Crippen LogP contribution in [0.4, 0.5) is 0 Å². The van der Waals surface area contributed by atoms with Crippen molar-refractivity contribution in [1.29, 1.82) is 0 Å². The Morgan fingerprint density at radius 1 is 1.41 bits per heavy atom. The van der Waals surface area contributed by atoms with Gasteiger partial charge in [0.1, 0.15) is 0 Å². The SMILES string of the molecule is CNC(=O)C(C)/C=C(/Cc1ccccc1)OC. The fraction of sp³-hybridized carbons (Fsp3) is 0.357. The summed E-state index contributed by atoms with van der Waals surface area (Å²) in [4.78, 5) is 11.4. The minimum absolute atomic E-state index is 0.00684. The Morgan fingerprint density at radius 2 is 2.06 bits per heavy atom. The highest BCUT2D eigenvalue weighted by molar-refractivity contribution is 5.79. The lowest BCUT2D eigenvalue weighted by molar-refractivity contribution is -0.122. The fourth-order valence-electron chi connectivity index (χ4n) is 1.58. The molecule has 0 aliphatic carbocycles. The smallest absolute Gasteiger partial charge is 0.226 e. The summed E-state index contributed by atoms with van der Waals surface area (Å²) in [6.45, 7) is 1.85. The van der Waals surface area contributed by atoms with Crippen molar-refractivity contribution in [1.82, 2.24) is 5.32 Å². The first-order valence-electron chi connectivity index (χ1n) is 5.67. The summed E-state index contributed by atoms with van der Waals surface area (Å²) in [5.41, 5.74) is 1.17. The molecule has 1 rings (SSSR count). The van der Waals surface area contributed by atoms with E-state index in [0.717, 1.165) is 5.76 Å². The van der Waals surface area contributed by atoms with Crippen LogP contribution in [0.5, 0.6) is 0 Å². The number of allylic oxidation sites excluding steroid dienone is 1. The number of rotatable bonds is 5. The van der Waals surface area contributed by atoms with E-state index in [1.807, 2.05) is 43.3 Å². The van der Waals surface area contributed by atoms with Crippen molar-refractivity contribution in [3.05, 3.63) is 47.7 Å². The molecule has 1 N–H and O–H groups in total. The van der Waals surface area contributed by atoms with Gasteiger partial charge in [0, 0.05) is 13.5 Å². The summed E-state index contributed by atoms with van der Waals surface area (Å²) >= 11 is 0. The molecule has 0 aliphatic rings. The third-order valence-electron chi connectivity index (χ3n) is 2.58. The van der Waals surface area contributed by atoms with Gasteiger partial charge < -0.3 is 10.1 Å². The first-order chi connectivity index (χ1) is 8.17. The summed E-state index contributed by atoms with van der Waals surface area (Å²) in [7, 11) is 3.27. The van der Waals surface area contributed by atoms with Crippen LogP contribution in [-0.2, 0) is 16.0 Å².